The molecule has 72 heavy (non-hydrogen) atoms. The van der Waals surface area contributed by atoms with E-state index in [0.717, 1.165) is 22.0 Å². The maximum Gasteiger partial charge on any atom is 0.343 e. The smallest absolute Gasteiger partial charge is 0.343 e. The summed E-state index contributed by atoms with van der Waals surface area (Å²) in [5.74, 6) is -6.58. The van der Waals surface area contributed by atoms with Crippen molar-refractivity contribution in [2.24, 2.45) is 5.73 Å². The van der Waals surface area contributed by atoms with Gasteiger partial charge in [0.1, 0.15) is 18.5 Å². The summed E-state index contributed by atoms with van der Waals surface area (Å²) in [6, 6.07) is 9.67. The molecule has 376 valence electrons. The minimum atomic E-state index is -2.07. The van der Waals surface area contributed by atoms with Gasteiger partial charge in [0, 0.05) is 67.1 Å². The minimum absolute atomic E-state index is 0.0239. The number of nitrogens with zero attached hydrogens (tertiary/aromatic N) is 4. The summed E-state index contributed by atoms with van der Waals surface area (Å²) >= 11 is 0. The predicted molar refractivity (Wildman–Crippen MR) is 252 cm³/mol. The van der Waals surface area contributed by atoms with Gasteiger partial charge in [0.05, 0.1) is 54.7 Å². The van der Waals surface area contributed by atoms with Crippen LogP contribution in [0.5, 0.6) is 0 Å². The van der Waals surface area contributed by atoms with Gasteiger partial charge in [-0.3, -0.25) is 48.1 Å². The highest BCUT2D eigenvalue weighted by Crippen LogP contribution is 2.46. The van der Waals surface area contributed by atoms with Crippen LogP contribution in [-0.4, -0.2) is 116 Å². The van der Waals surface area contributed by atoms with Crippen molar-refractivity contribution in [3.8, 4) is 11.4 Å². The van der Waals surface area contributed by atoms with Crippen molar-refractivity contribution < 1.29 is 57.4 Å². The lowest BCUT2D eigenvalue weighted by molar-refractivity contribution is -0.172. The molecule has 0 radical (unpaired) electrons. The van der Waals surface area contributed by atoms with Gasteiger partial charge in [-0.2, -0.15) is 0 Å². The quantitative estimate of drug-likeness (QED) is 0.0470. The average molecular weight is 990 g/mol. The summed E-state index contributed by atoms with van der Waals surface area (Å²) < 4.78 is 22.2. The summed E-state index contributed by atoms with van der Waals surface area (Å²) in [6.07, 6.45) is 2.49. The third-order valence-electron chi connectivity index (χ3n) is 13.5. The number of nitrogens with one attached hydrogen (secondary N) is 4. The van der Waals surface area contributed by atoms with E-state index in [1.54, 1.807) is 50.2 Å². The van der Waals surface area contributed by atoms with Crippen LogP contribution in [0.4, 0.5) is 4.39 Å². The van der Waals surface area contributed by atoms with Gasteiger partial charge in [-0.15, -0.1) is 0 Å². The number of pyridine rings is 2. The van der Waals surface area contributed by atoms with Crippen molar-refractivity contribution in [2.75, 3.05) is 32.7 Å². The summed E-state index contributed by atoms with van der Waals surface area (Å²) in [6.45, 7) is 0.985. The molecular weight excluding hydrogens is 938 g/mol. The summed E-state index contributed by atoms with van der Waals surface area (Å²) in [4.78, 5) is 136. The first-order valence-electron chi connectivity index (χ1n) is 23.5. The number of aliphatic hydroxyl groups is 1. The second-order valence-corrected chi connectivity index (χ2v) is 18.1. The Morgan fingerprint density at radius 2 is 1.65 bits per heavy atom. The second kappa shape index (κ2) is 20.7. The van der Waals surface area contributed by atoms with Crippen LogP contribution in [0, 0.1) is 12.7 Å². The number of rotatable bonds is 19. The number of carbonyl (C=O) groups excluding carboxylic acids is 9. The molecule has 5 heterocycles. The molecule has 0 unspecified atom stereocenters. The molecule has 0 bridgehead atoms. The number of imide groups is 1. The zero-order chi connectivity index (χ0) is 51.6. The van der Waals surface area contributed by atoms with Gasteiger partial charge in [-0.05, 0) is 60.9 Å². The van der Waals surface area contributed by atoms with Gasteiger partial charge in [0.2, 0.25) is 35.4 Å². The van der Waals surface area contributed by atoms with E-state index in [1.807, 2.05) is 0 Å². The van der Waals surface area contributed by atoms with Crippen LogP contribution in [-0.2, 0) is 79.5 Å². The molecule has 0 saturated heterocycles. The Labute approximate surface area is 410 Å². The van der Waals surface area contributed by atoms with Crippen LogP contribution in [0.25, 0.3) is 22.3 Å². The number of aryl methyl sites for hydroxylation is 1. The first-order chi connectivity index (χ1) is 34.4. The highest BCUT2D eigenvalue weighted by atomic mass is 19.1. The normalized spacial score (nSPS) is 17.6. The molecule has 1 aliphatic carbocycles. The molecule has 4 aromatic rings. The SMILES string of the molecule is CC[C@@]1(O)C(=O)OCc2c1cc1n(c2=O)Cc2c-1nc1cc(F)c(C)c3c1c2[C@@H](NC(=O)CCCN(CC(N)=O)C(=O)[C@H](Cc1ccccc1)NC(=O)CNC(=O)CNC(=O)CCN1C(=O)C=CC1=O)CC3. The Morgan fingerprint density at radius 1 is 0.944 bits per heavy atom. The Bertz CT molecular complexity index is 3050. The standard InChI is InChI=1S/C50H52FN9O12/c1-3-50(71)31-19-36-46-29(23-60(36)47(68)30(31)25-72-49(50)70)45-33(12-11-28-26(2)32(51)20-34(57-46)44(28)45)55-39(63)10-7-16-58(24-37(52)61)48(69)35(18-27-8-5-4-6-9-27)56-41(65)22-54-40(64)21-53-38(62)15-17-59-42(66)13-14-43(59)67/h4-6,8-9,13-14,19-20,33,35,71H,3,7,10-12,15-18,21-25H2,1-2H3,(H2,52,61)(H,53,62)(H,54,64)(H,55,63)(H,56,65)/t33-,35-,50-/m0/s1. The van der Waals surface area contributed by atoms with Gasteiger partial charge in [0.25, 0.3) is 17.4 Å². The Morgan fingerprint density at radius 3 is 2.36 bits per heavy atom. The van der Waals surface area contributed by atoms with E-state index in [2.05, 4.69) is 21.3 Å². The Hall–Kier alpha value is -8.14. The molecule has 2 aromatic heterocycles. The van der Waals surface area contributed by atoms with E-state index in [-0.39, 0.29) is 69.5 Å². The van der Waals surface area contributed by atoms with E-state index in [1.165, 1.54) is 10.6 Å². The summed E-state index contributed by atoms with van der Waals surface area (Å²) in [5.41, 5.74) is 7.32. The van der Waals surface area contributed by atoms with Crippen molar-refractivity contribution in [3.63, 3.8) is 0 Å². The number of amides is 8. The predicted octanol–water partition coefficient (Wildman–Crippen LogP) is -0.000280. The van der Waals surface area contributed by atoms with Crippen LogP contribution in [0.3, 0.4) is 0 Å². The molecular formula is C50H52FN9O12. The molecule has 3 aliphatic heterocycles. The van der Waals surface area contributed by atoms with Gasteiger partial charge >= 0.3 is 5.97 Å². The number of nitrogens with two attached hydrogens (primary N) is 1. The van der Waals surface area contributed by atoms with Crippen molar-refractivity contribution in [2.45, 2.75) is 89.6 Å². The maximum atomic E-state index is 15.5. The zero-order valence-corrected chi connectivity index (χ0v) is 39.4. The van der Waals surface area contributed by atoms with E-state index in [9.17, 15) is 53.1 Å². The number of esters is 1. The molecule has 2 aromatic carbocycles. The number of ether oxygens (including phenoxy) is 1. The molecule has 8 amide bonds. The van der Waals surface area contributed by atoms with Gasteiger partial charge in [0.15, 0.2) is 5.60 Å². The molecule has 22 heteroatoms. The molecule has 7 N–H and O–H groups in total. The molecule has 0 spiro atoms. The number of carbonyl (C=O) groups is 9. The minimum Gasteiger partial charge on any atom is -0.458 e. The Kier molecular flexibility index (Phi) is 14.4. The third kappa shape index (κ3) is 10.1. The van der Waals surface area contributed by atoms with Gasteiger partial charge in [-0.25, -0.2) is 14.2 Å². The fraction of sp³-hybridized carbons (Fsp3) is 0.380. The number of aromatic nitrogens is 2. The van der Waals surface area contributed by atoms with Crippen LogP contribution < -0.4 is 32.6 Å². The Balaban J connectivity index is 0.940. The number of hydrogen-bond donors (Lipinski definition) is 6. The molecule has 8 rings (SSSR count). The third-order valence-corrected chi connectivity index (χ3v) is 13.5. The van der Waals surface area contributed by atoms with Crippen molar-refractivity contribution >= 4 is 64.1 Å². The number of fused-ring (bicyclic) bond motifs is 5. The molecule has 0 fully saturated rings. The molecule has 0 saturated carbocycles. The first-order valence-corrected chi connectivity index (χ1v) is 23.5. The monoisotopic (exact) mass is 989 g/mol. The topological polar surface area (TPSA) is 299 Å². The number of hydrogen-bond acceptors (Lipinski definition) is 13. The highest BCUT2D eigenvalue weighted by Gasteiger charge is 2.46. The number of primary amides is 1. The van der Waals surface area contributed by atoms with Crippen molar-refractivity contribution in [1.82, 2.24) is 40.6 Å². The van der Waals surface area contributed by atoms with Crippen molar-refractivity contribution in [3.05, 3.63) is 110 Å². The maximum absolute atomic E-state index is 15.5. The van der Waals surface area contributed by atoms with Crippen LogP contribution in [0.1, 0.15) is 84.0 Å². The van der Waals surface area contributed by atoms with Gasteiger partial charge in [-0.1, -0.05) is 37.3 Å². The number of cyclic esters (lactones) is 1. The zero-order valence-electron chi connectivity index (χ0n) is 39.4. The van der Waals surface area contributed by atoms with Crippen LogP contribution in [0.15, 0.2) is 59.4 Å². The first kappa shape index (κ1) is 50.3. The van der Waals surface area contributed by atoms with Crippen molar-refractivity contribution in [1.29, 1.82) is 0 Å². The highest BCUT2D eigenvalue weighted by molar-refractivity contribution is 6.13. The lowest BCUT2D eigenvalue weighted by Gasteiger charge is -2.31. The molecule has 21 nitrogen and oxygen atoms in total. The summed E-state index contributed by atoms with van der Waals surface area (Å²) in [7, 11) is 0. The average Bonchev–Trinajstić information content (AvgIpc) is 3.89. The van der Waals surface area contributed by atoms with E-state index >= 15 is 4.39 Å². The van der Waals surface area contributed by atoms with E-state index in [4.69, 9.17) is 15.5 Å². The molecule has 4 aliphatic rings. The van der Waals surface area contributed by atoms with Crippen LogP contribution in [0.2, 0.25) is 0 Å². The van der Waals surface area contributed by atoms with Gasteiger partial charge < -0.3 is 46.3 Å². The fourth-order valence-corrected chi connectivity index (χ4v) is 9.74. The molecule has 3 atom stereocenters. The lowest BCUT2D eigenvalue weighted by Crippen LogP contribution is -2.53. The largest absolute Gasteiger partial charge is 0.458 e. The lowest BCUT2D eigenvalue weighted by atomic mass is 9.81. The van der Waals surface area contributed by atoms with E-state index in [0.29, 0.717) is 62.9 Å². The second-order valence-electron chi connectivity index (χ2n) is 18.1. The number of halogens is 1. The fourth-order valence-electron chi connectivity index (χ4n) is 9.74. The summed E-state index contributed by atoms with van der Waals surface area (Å²) in [5, 5.41) is 22.5. The van der Waals surface area contributed by atoms with Crippen LogP contribution >= 0.6 is 0 Å². The number of benzene rings is 2. The van der Waals surface area contributed by atoms with E-state index < -0.39 is 102 Å².